The lowest BCUT2D eigenvalue weighted by molar-refractivity contribution is -0.116. The van der Waals surface area contributed by atoms with Crippen molar-refractivity contribution < 1.29 is 23.9 Å². The molecule has 5 aromatic rings. The number of ether oxygens (including phenoxy) is 2. The van der Waals surface area contributed by atoms with Crippen LogP contribution in [0.15, 0.2) is 138 Å². The highest BCUT2D eigenvalue weighted by molar-refractivity contribution is 8.00. The molecule has 3 N–H and O–H groups in total. The number of carbonyl (C=O) groups is 3. The van der Waals surface area contributed by atoms with Crippen molar-refractivity contribution in [1.29, 1.82) is 0 Å². The Labute approximate surface area is 277 Å². The predicted molar refractivity (Wildman–Crippen MR) is 184 cm³/mol. The minimum atomic E-state index is -0.587. The van der Waals surface area contributed by atoms with E-state index < -0.39 is 17.1 Å². The van der Waals surface area contributed by atoms with Gasteiger partial charge in [0.1, 0.15) is 10.9 Å². The van der Waals surface area contributed by atoms with E-state index in [1.165, 1.54) is 32.1 Å². The van der Waals surface area contributed by atoms with Gasteiger partial charge in [-0.3, -0.25) is 19.4 Å². The molecule has 47 heavy (non-hydrogen) atoms. The maximum atomic E-state index is 13.8. The molecule has 10 heteroatoms. The smallest absolute Gasteiger partial charge is 0.272 e. The summed E-state index contributed by atoms with van der Waals surface area (Å²) in [5.74, 6) is -0.339. The van der Waals surface area contributed by atoms with Crippen LogP contribution in [0.25, 0.3) is 6.08 Å². The fourth-order valence-electron chi connectivity index (χ4n) is 4.65. The molecule has 0 aliphatic rings. The van der Waals surface area contributed by atoms with Crippen LogP contribution in [0.5, 0.6) is 11.5 Å². The zero-order chi connectivity index (χ0) is 33.0. The van der Waals surface area contributed by atoms with E-state index in [9.17, 15) is 14.4 Å². The van der Waals surface area contributed by atoms with Crippen LogP contribution < -0.4 is 25.4 Å². The van der Waals surface area contributed by atoms with Crippen molar-refractivity contribution >= 4 is 46.9 Å². The van der Waals surface area contributed by atoms with E-state index in [0.717, 1.165) is 10.5 Å². The number of hydrogen-bond acceptors (Lipinski definition) is 7. The maximum absolute atomic E-state index is 13.8. The van der Waals surface area contributed by atoms with Crippen molar-refractivity contribution in [2.75, 3.05) is 24.9 Å². The van der Waals surface area contributed by atoms with Gasteiger partial charge in [-0.1, -0.05) is 66.7 Å². The number of amides is 3. The summed E-state index contributed by atoms with van der Waals surface area (Å²) in [6.45, 7) is 0. The van der Waals surface area contributed by atoms with E-state index >= 15 is 0 Å². The van der Waals surface area contributed by atoms with Crippen molar-refractivity contribution in [1.82, 2.24) is 10.3 Å². The Kier molecular flexibility index (Phi) is 11.0. The molecule has 1 aromatic heterocycles. The summed E-state index contributed by atoms with van der Waals surface area (Å²) < 4.78 is 11.0. The van der Waals surface area contributed by atoms with Crippen molar-refractivity contribution in [3.05, 3.63) is 150 Å². The van der Waals surface area contributed by atoms with Gasteiger partial charge in [-0.2, -0.15) is 0 Å². The number of benzene rings is 4. The Morgan fingerprint density at radius 2 is 1.45 bits per heavy atom. The number of carbonyl (C=O) groups excluding carboxylic acids is 3. The van der Waals surface area contributed by atoms with Crippen LogP contribution >= 0.6 is 11.8 Å². The van der Waals surface area contributed by atoms with Crippen LogP contribution in [0.2, 0.25) is 0 Å². The van der Waals surface area contributed by atoms with Gasteiger partial charge in [0.15, 0.2) is 11.5 Å². The Bertz CT molecular complexity index is 1870. The average molecular weight is 645 g/mol. The van der Waals surface area contributed by atoms with Crippen LogP contribution in [-0.4, -0.2) is 36.9 Å². The molecule has 0 fully saturated rings. The van der Waals surface area contributed by atoms with Crippen molar-refractivity contribution in [3.63, 3.8) is 0 Å². The Morgan fingerprint density at radius 1 is 0.745 bits per heavy atom. The molecule has 3 amide bonds. The third-order valence-electron chi connectivity index (χ3n) is 6.90. The topological polar surface area (TPSA) is 119 Å². The second kappa shape index (κ2) is 15.9. The van der Waals surface area contributed by atoms with E-state index in [1.54, 1.807) is 91.3 Å². The van der Waals surface area contributed by atoms with E-state index in [-0.39, 0.29) is 11.6 Å². The summed E-state index contributed by atoms with van der Waals surface area (Å²) in [5, 5.41) is 8.01. The molecule has 9 nitrogen and oxygen atoms in total. The minimum absolute atomic E-state index is 0.0117. The molecular formula is C37H32N4O5S. The molecule has 1 heterocycles. The van der Waals surface area contributed by atoms with Crippen LogP contribution in [0.3, 0.4) is 0 Å². The number of nitrogens with zero attached hydrogens (tertiary/aromatic N) is 1. The number of pyridine rings is 1. The number of nitrogens with one attached hydrogen (secondary N) is 3. The molecule has 236 valence electrons. The first-order valence-electron chi connectivity index (χ1n) is 14.6. The second-order valence-electron chi connectivity index (χ2n) is 10.1. The monoisotopic (exact) mass is 644 g/mol. The Hall–Kier alpha value is -5.87. The zero-order valence-corrected chi connectivity index (χ0v) is 26.5. The first-order chi connectivity index (χ1) is 22.9. The first-order valence-corrected chi connectivity index (χ1v) is 15.5. The standard InChI is InChI=1S/C37H32N4O5S/c1-45-32-18-9-15-27(33(32)46-2)23-31(41-35(42)26-13-7-4-8-14-26)36(43)40-29-16-10-17-30(24-29)47-34(25-11-5-3-6-12-25)37(44)39-28-19-21-38-22-20-28/h3-24,34H,1-2H3,(H,40,43)(H,41,42)(H,38,39,44)/b31-23+. The van der Waals surface area contributed by atoms with E-state index in [0.29, 0.717) is 34.0 Å². The number of aromatic nitrogens is 1. The fourth-order valence-corrected chi connectivity index (χ4v) is 5.73. The van der Waals surface area contributed by atoms with Gasteiger partial charge in [0, 0.05) is 39.8 Å². The van der Waals surface area contributed by atoms with Crippen LogP contribution in [0.1, 0.15) is 26.7 Å². The number of hydrogen-bond donors (Lipinski definition) is 3. The minimum Gasteiger partial charge on any atom is -0.493 e. The van der Waals surface area contributed by atoms with Gasteiger partial charge in [-0.05, 0) is 60.2 Å². The molecule has 1 atom stereocenters. The molecule has 0 saturated heterocycles. The third-order valence-corrected chi connectivity index (χ3v) is 8.14. The molecule has 1 unspecified atom stereocenters. The van der Waals surface area contributed by atoms with Crippen LogP contribution in [-0.2, 0) is 9.59 Å². The molecule has 0 radical (unpaired) electrons. The van der Waals surface area contributed by atoms with Gasteiger partial charge < -0.3 is 25.4 Å². The van der Waals surface area contributed by atoms with Gasteiger partial charge >= 0.3 is 0 Å². The molecule has 0 spiro atoms. The van der Waals surface area contributed by atoms with Crippen LogP contribution in [0.4, 0.5) is 11.4 Å². The largest absolute Gasteiger partial charge is 0.493 e. The average Bonchev–Trinajstić information content (AvgIpc) is 3.11. The fraction of sp³-hybridized carbons (Fsp3) is 0.0811. The number of methoxy groups -OCH3 is 2. The normalized spacial score (nSPS) is 11.6. The molecule has 0 aliphatic heterocycles. The molecule has 0 saturated carbocycles. The summed E-state index contributed by atoms with van der Waals surface area (Å²) >= 11 is 1.34. The first kappa shape index (κ1) is 32.5. The number of rotatable bonds is 12. The lowest BCUT2D eigenvalue weighted by Gasteiger charge is -2.18. The highest BCUT2D eigenvalue weighted by Gasteiger charge is 2.23. The maximum Gasteiger partial charge on any atom is 0.272 e. The summed E-state index contributed by atoms with van der Waals surface area (Å²) in [6, 6.07) is 33.9. The van der Waals surface area contributed by atoms with Crippen LogP contribution in [0, 0.1) is 0 Å². The molecule has 5 rings (SSSR count). The van der Waals surface area contributed by atoms with E-state index in [1.807, 2.05) is 36.4 Å². The second-order valence-corrected chi connectivity index (χ2v) is 11.3. The third kappa shape index (κ3) is 8.65. The number of para-hydroxylation sites is 1. The highest BCUT2D eigenvalue weighted by atomic mass is 32.2. The van der Waals surface area contributed by atoms with Crippen molar-refractivity contribution in [2.24, 2.45) is 0 Å². The SMILES string of the molecule is COc1cccc(/C=C(/NC(=O)c2ccccc2)C(=O)Nc2cccc(SC(C(=O)Nc3ccncc3)c3ccccc3)c2)c1OC. The van der Waals surface area contributed by atoms with Gasteiger partial charge in [0.2, 0.25) is 5.91 Å². The number of anilines is 2. The molecule has 0 aliphatic carbocycles. The Morgan fingerprint density at radius 3 is 2.15 bits per heavy atom. The van der Waals surface area contributed by atoms with Gasteiger partial charge in [-0.25, -0.2) is 0 Å². The van der Waals surface area contributed by atoms with Crippen molar-refractivity contribution in [2.45, 2.75) is 10.1 Å². The van der Waals surface area contributed by atoms with Gasteiger partial charge in [0.05, 0.1) is 14.2 Å². The molecule has 0 bridgehead atoms. The lowest BCUT2D eigenvalue weighted by atomic mass is 10.1. The van der Waals surface area contributed by atoms with Gasteiger partial charge in [0.25, 0.3) is 11.8 Å². The summed E-state index contributed by atoms with van der Waals surface area (Å²) in [7, 11) is 3.02. The molecular weight excluding hydrogens is 612 g/mol. The quantitative estimate of drug-likeness (QED) is 0.0991. The predicted octanol–water partition coefficient (Wildman–Crippen LogP) is 6.98. The summed E-state index contributed by atoms with van der Waals surface area (Å²) in [5.41, 5.74) is 2.83. The zero-order valence-electron chi connectivity index (χ0n) is 25.7. The highest BCUT2D eigenvalue weighted by Crippen LogP contribution is 2.37. The lowest BCUT2D eigenvalue weighted by Crippen LogP contribution is -2.30. The molecule has 4 aromatic carbocycles. The van der Waals surface area contributed by atoms with Gasteiger partial charge in [-0.15, -0.1) is 11.8 Å². The Balaban J connectivity index is 1.41. The van der Waals surface area contributed by atoms with E-state index in [4.69, 9.17) is 9.47 Å². The van der Waals surface area contributed by atoms with Crippen molar-refractivity contribution in [3.8, 4) is 11.5 Å². The summed E-state index contributed by atoms with van der Waals surface area (Å²) in [6.07, 6.45) is 4.76. The summed E-state index contributed by atoms with van der Waals surface area (Å²) in [4.78, 5) is 45.1. The number of thioether (sulfide) groups is 1. The van der Waals surface area contributed by atoms with E-state index in [2.05, 4.69) is 20.9 Å².